The second kappa shape index (κ2) is 27.8. The van der Waals surface area contributed by atoms with Crippen LogP contribution in [0.1, 0.15) is 124 Å². The van der Waals surface area contributed by atoms with Crippen molar-refractivity contribution in [2.24, 2.45) is 29.0 Å². The number of rotatable bonds is 23. The second-order valence-electron chi connectivity index (χ2n) is 20.5. The summed E-state index contributed by atoms with van der Waals surface area (Å²) in [5, 5.41) is 26.8. The van der Waals surface area contributed by atoms with Gasteiger partial charge in [-0.25, -0.2) is 14.4 Å². The van der Waals surface area contributed by atoms with E-state index in [-0.39, 0.29) is 33.9 Å². The molecule has 0 aliphatic heterocycles. The van der Waals surface area contributed by atoms with E-state index in [1.54, 1.807) is 64.5 Å². The van der Waals surface area contributed by atoms with Crippen molar-refractivity contribution < 1.29 is 72.7 Å². The maximum Gasteiger partial charge on any atom is 0.341 e. The molecule has 1 saturated carbocycles. The van der Waals surface area contributed by atoms with E-state index < -0.39 is 72.8 Å². The molecule has 444 valence electrons. The molecule has 1 aliphatic rings. The molecule has 1 fully saturated rings. The summed E-state index contributed by atoms with van der Waals surface area (Å²) in [4.78, 5) is 106. The number of nitrogens with two attached hydrogens (primary N) is 3. The van der Waals surface area contributed by atoms with E-state index in [2.05, 4.69) is 6.92 Å². The monoisotopic (exact) mass is 1160 g/mol. The third-order valence-corrected chi connectivity index (χ3v) is 15.1. The number of carbonyl (C=O) groups excluding carboxylic acids is 6. The fourth-order valence-corrected chi connectivity index (χ4v) is 11.3. The molecule has 6 aromatic heterocycles. The molecule has 0 bridgehead atoms. The predicted octanol–water partition coefficient (Wildman–Crippen LogP) is 7.83. The lowest BCUT2D eigenvalue weighted by Crippen LogP contribution is -2.24. The number of carboxylic acid groups (broad SMARTS) is 3. The van der Waals surface area contributed by atoms with Crippen molar-refractivity contribution >= 4 is 69.5 Å². The maximum absolute atomic E-state index is 12.8. The number of amides is 3. The highest BCUT2D eigenvalue weighted by Gasteiger charge is 2.32. The minimum Gasteiger partial charge on any atom is -0.480 e. The van der Waals surface area contributed by atoms with Gasteiger partial charge in [0.15, 0.2) is 19.8 Å². The number of aryl methyl sites for hydroxylation is 1. The van der Waals surface area contributed by atoms with E-state index in [0.29, 0.717) is 53.7 Å². The molecule has 1 aliphatic carbocycles. The zero-order chi connectivity index (χ0) is 61.8. The smallest absolute Gasteiger partial charge is 0.341 e. The van der Waals surface area contributed by atoms with Gasteiger partial charge in [-0.1, -0.05) is 95.1 Å². The number of ether oxygens (including phenoxy) is 3. The fourth-order valence-electron chi connectivity index (χ4n) is 11.3. The number of aromatic nitrogens is 3. The number of primary amides is 3. The Kier molecular flexibility index (Phi) is 20.5. The van der Waals surface area contributed by atoms with E-state index in [0.717, 1.165) is 70.1 Å². The van der Waals surface area contributed by atoms with Crippen LogP contribution in [0.4, 0.5) is 0 Å². The Morgan fingerprint density at radius 2 is 0.894 bits per heavy atom. The quantitative estimate of drug-likeness (QED) is 0.0262. The van der Waals surface area contributed by atoms with Crippen LogP contribution < -0.4 is 31.4 Å². The van der Waals surface area contributed by atoms with Gasteiger partial charge in [-0.2, -0.15) is 0 Å². The summed E-state index contributed by atoms with van der Waals surface area (Å²) in [6.45, 7) is 8.12. The van der Waals surface area contributed by atoms with Gasteiger partial charge in [0.1, 0.15) is 17.2 Å². The number of carboxylic acids is 3. The van der Waals surface area contributed by atoms with Crippen LogP contribution >= 0.6 is 0 Å². The van der Waals surface area contributed by atoms with Crippen LogP contribution in [0.15, 0.2) is 110 Å². The number of fused-ring (bicyclic) bond motifs is 3. The number of aliphatic carboxylic acids is 3. The summed E-state index contributed by atoms with van der Waals surface area (Å²) in [7, 11) is 0. The zero-order valence-electron chi connectivity index (χ0n) is 47.8. The summed E-state index contributed by atoms with van der Waals surface area (Å²) in [5.41, 5.74) is 25.4. The molecule has 21 nitrogen and oxygen atoms in total. The molecule has 21 heteroatoms. The van der Waals surface area contributed by atoms with Crippen molar-refractivity contribution in [3.05, 3.63) is 166 Å². The number of pyridine rings is 3. The fraction of sp³-hybridized carbons (Fsp3) is 0.297. The van der Waals surface area contributed by atoms with Crippen LogP contribution in [-0.2, 0) is 60.9 Å². The van der Waals surface area contributed by atoms with E-state index in [9.17, 15) is 43.2 Å². The Morgan fingerprint density at radius 3 is 1.33 bits per heavy atom. The number of nitrogens with zero attached hydrogens (tertiary/aromatic N) is 3. The summed E-state index contributed by atoms with van der Waals surface area (Å²) in [6.07, 6.45) is 13.0. The Bertz CT molecular complexity index is 3880. The highest BCUT2D eigenvalue weighted by atomic mass is 16.5. The Hall–Kier alpha value is -10.1. The Labute approximate surface area is 488 Å². The predicted molar refractivity (Wildman–Crippen MR) is 315 cm³/mol. The van der Waals surface area contributed by atoms with Gasteiger partial charge in [0.05, 0.1) is 33.2 Å². The first-order chi connectivity index (χ1) is 40.6. The molecule has 9 N–H and O–H groups in total. The number of Topliss-reactive ketones (excluding diaryl/α,β-unsaturated/α-hetero) is 3. The van der Waals surface area contributed by atoms with Gasteiger partial charge in [0, 0.05) is 42.1 Å². The van der Waals surface area contributed by atoms with Crippen LogP contribution in [0.5, 0.6) is 17.2 Å². The summed E-state index contributed by atoms with van der Waals surface area (Å²) in [6, 6.07) is 27.8. The molecule has 8 aromatic rings. The number of hydrogen-bond acceptors (Lipinski definition) is 12. The molecular formula is C64H68N6O15. The topological polar surface area (TPSA) is 333 Å². The van der Waals surface area contributed by atoms with Crippen molar-refractivity contribution in [3.8, 4) is 28.4 Å². The van der Waals surface area contributed by atoms with Crippen LogP contribution in [0.25, 0.3) is 27.7 Å². The highest BCUT2D eigenvalue weighted by Crippen LogP contribution is 2.38. The number of hydrogen-bond donors (Lipinski definition) is 6. The number of ketones is 3. The summed E-state index contributed by atoms with van der Waals surface area (Å²) in [5.74, 6) is -7.06. The third-order valence-electron chi connectivity index (χ3n) is 15.1. The van der Waals surface area contributed by atoms with E-state index in [1.165, 1.54) is 12.8 Å². The van der Waals surface area contributed by atoms with E-state index >= 15 is 0 Å². The molecule has 85 heavy (non-hydrogen) atoms. The average Bonchev–Trinajstić information content (AvgIpc) is 2.22. The number of benzene rings is 2. The molecule has 0 saturated heterocycles. The Morgan fingerprint density at radius 1 is 0.494 bits per heavy atom. The van der Waals surface area contributed by atoms with Crippen molar-refractivity contribution in [2.75, 3.05) is 19.8 Å². The molecule has 0 atom stereocenters. The average molecular weight is 1160 g/mol. The second-order valence-corrected chi connectivity index (χ2v) is 20.5. The molecule has 0 spiro atoms. The SMILES string of the molecule is CCc1c(C(=O)C(N)=O)c2c(OCC(=O)O)cccn2c1CC.CCc1c(C(=O)C(N)=O)c2c(OCC(=O)O)cccn2c1CC1CCC(C)CC1.Cc1c(C(=O)C(N)=O)c2c(OCC(=O)O)cccn2c1Cc1ccccc1-c1ccccc1. The first-order valence-corrected chi connectivity index (χ1v) is 27.7. The Balaban J connectivity index is 0.000000186. The van der Waals surface area contributed by atoms with Gasteiger partial charge in [-0.3, -0.25) is 28.8 Å². The highest BCUT2D eigenvalue weighted by molar-refractivity contribution is 6.45. The molecule has 0 unspecified atom stereocenters. The minimum atomic E-state index is -1.15. The van der Waals surface area contributed by atoms with Crippen molar-refractivity contribution in [1.29, 1.82) is 0 Å². The maximum atomic E-state index is 12.8. The van der Waals surface area contributed by atoms with Crippen LogP contribution in [-0.4, -0.2) is 101 Å². The van der Waals surface area contributed by atoms with Crippen LogP contribution in [0.3, 0.4) is 0 Å². The summed E-state index contributed by atoms with van der Waals surface area (Å²) >= 11 is 0. The first kappa shape index (κ1) is 62.5. The van der Waals surface area contributed by atoms with Crippen LogP contribution in [0.2, 0.25) is 0 Å². The van der Waals surface area contributed by atoms with E-state index in [1.807, 2.05) is 86.0 Å². The summed E-state index contributed by atoms with van der Waals surface area (Å²) < 4.78 is 21.6. The van der Waals surface area contributed by atoms with Crippen molar-refractivity contribution in [1.82, 2.24) is 13.2 Å². The van der Waals surface area contributed by atoms with Crippen LogP contribution in [0, 0.1) is 18.8 Å². The van der Waals surface area contributed by atoms with Gasteiger partial charge >= 0.3 is 17.9 Å². The lowest BCUT2D eigenvalue weighted by Gasteiger charge is -2.26. The van der Waals surface area contributed by atoms with Gasteiger partial charge in [0.25, 0.3) is 35.1 Å². The molecule has 0 radical (unpaired) electrons. The van der Waals surface area contributed by atoms with E-state index in [4.69, 9.17) is 46.7 Å². The van der Waals surface area contributed by atoms with Gasteiger partial charge < -0.3 is 59.9 Å². The third kappa shape index (κ3) is 13.9. The molecule has 9 rings (SSSR count). The molecule has 6 heterocycles. The minimum absolute atomic E-state index is 0.121. The zero-order valence-corrected chi connectivity index (χ0v) is 47.8. The number of carbonyl (C=O) groups is 9. The molecular weight excluding hydrogens is 1090 g/mol. The molecule has 2 aromatic carbocycles. The lowest BCUT2D eigenvalue weighted by atomic mass is 9.80. The van der Waals surface area contributed by atoms with Gasteiger partial charge in [-0.05, 0) is 127 Å². The first-order valence-electron chi connectivity index (χ1n) is 27.7. The normalized spacial score (nSPS) is 13.7. The standard InChI is InChI=1S/C26H22N2O5.C22H28N2O5.C16H18N2O5/c1-16-20(14-18-10-5-6-11-19(18)17-8-3-2-4-9-17)28-13-7-12-21(33-15-22(29)30)24(28)23(16)25(31)26(27)32;1-3-15-16(11-14-8-6-13(2)7-9-14)24-10-4-5-17(29-12-18(25)26)20(24)19(15)21(27)22(23)28;1-3-9-10(4-2)18-7-5-6-11(23-8-12(19)20)14(18)13(9)15(21)16(17)22/h2-13H,14-15H2,1H3,(H2,27,32)(H,29,30);4-5,10,13-14H,3,6-9,11-12H2,1-2H3,(H2,23,28)(H,25,26);5-7H,3-4,8H2,1-2H3,(H2,17,22)(H,19,20). The molecule has 3 amide bonds. The van der Waals surface area contributed by atoms with Crippen molar-refractivity contribution in [3.63, 3.8) is 0 Å². The van der Waals surface area contributed by atoms with Gasteiger partial charge in [0.2, 0.25) is 0 Å². The lowest BCUT2D eigenvalue weighted by molar-refractivity contribution is -0.140. The van der Waals surface area contributed by atoms with Crippen molar-refractivity contribution in [2.45, 2.75) is 92.4 Å². The largest absolute Gasteiger partial charge is 0.480 e. The van der Waals surface area contributed by atoms with Gasteiger partial charge in [-0.15, -0.1) is 0 Å².